The largest absolute Gasteiger partial charge is 0.362 e. The van der Waals surface area contributed by atoms with E-state index in [9.17, 15) is 4.79 Å². The van der Waals surface area contributed by atoms with Crippen molar-refractivity contribution >= 4 is 48.6 Å². The molecule has 0 radical (unpaired) electrons. The minimum Gasteiger partial charge on any atom is -0.362 e. The van der Waals surface area contributed by atoms with Gasteiger partial charge in [-0.05, 0) is 92.6 Å². The number of Topliss-reactive ketones (excluding diaryl/α,β-unsaturated/α-hetero) is 1. The molecule has 204 valence electrons. The van der Waals surface area contributed by atoms with Gasteiger partial charge in [0.2, 0.25) is 0 Å². The average molecular weight is 574 g/mol. The standard InChI is InChI=1S/C35H31N3OS2/c1-19-13-14-25(36-19)33(30-17-23-9-5-7-11-28(23)40-30)26-15-16-27(38-26)34(31-18-24-10-6-8-12-29(24)41-31)35-20(2)32(22(4)39)21(3)37-35/h5-18,33-34,36-38H,1-4H3. The zero-order valence-corrected chi connectivity index (χ0v) is 25.1. The second kappa shape index (κ2) is 10.1. The van der Waals surface area contributed by atoms with Crippen LogP contribution < -0.4 is 0 Å². The maximum Gasteiger partial charge on any atom is 0.161 e. The molecule has 4 nitrogen and oxygen atoms in total. The number of carbonyl (C=O) groups excluding carboxylic acids is 1. The van der Waals surface area contributed by atoms with Crippen LogP contribution in [-0.4, -0.2) is 20.7 Å². The van der Waals surface area contributed by atoms with Crippen molar-refractivity contribution in [2.45, 2.75) is 39.5 Å². The molecule has 5 heterocycles. The minimum atomic E-state index is -0.0543. The Balaban J connectivity index is 1.40. The van der Waals surface area contributed by atoms with Crippen LogP contribution in [0.25, 0.3) is 20.2 Å². The van der Waals surface area contributed by atoms with Crippen LogP contribution >= 0.6 is 22.7 Å². The fourth-order valence-corrected chi connectivity index (χ4v) is 8.66. The van der Waals surface area contributed by atoms with Gasteiger partial charge in [0, 0.05) is 58.9 Å². The first kappa shape index (κ1) is 25.8. The number of aryl methyl sites for hydroxylation is 2. The number of ketones is 1. The number of nitrogens with one attached hydrogen (secondary N) is 3. The first-order valence-corrected chi connectivity index (χ1v) is 15.5. The van der Waals surface area contributed by atoms with Crippen LogP contribution in [0, 0.1) is 20.8 Å². The third kappa shape index (κ3) is 4.48. The molecule has 3 N–H and O–H groups in total. The molecule has 2 aromatic carbocycles. The predicted octanol–water partition coefficient (Wildman–Crippen LogP) is 9.59. The molecule has 0 aliphatic heterocycles. The van der Waals surface area contributed by atoms with Crippen molar-refractivity contribution in [2.75, 3.05) is 0 Å². The first-order valence-electron chi connectivity index (χ1n) is 13.9. The van der Waals surface area contributed by atoms with Crippen molar-refractivity contribution in [3.63, 3.8) is 0 Å². The van der Waals surface area contributed by atoms with E-state index in [1.807, 2.05) is 29.6 Å². The summed E-state index contributed by atoms with van der Waals surface area (Å²) < 4.78 is 2.55. The van der Waals surface area contributed by atoms with E-state index in [1.54, 1.807) is 6.92 Å². The Bertz CT molecular complexity index is 1980. The second-order valence-corrected chi connectivity index (χ2v) is 13.2. The van der Waals surface area contributed by atoms with Crippen LogP contribution in [0.15, 0.2) is 84.9 Å². The van der Waals surface area contributed by atoms with E-state index in [4.69, 9.17) is 0 Å². The molecule has 0 bridgehead atoms. The normalized spacial score (nSPS) is 13.3. The molecule has 2 unspecified atom stereocenters. The van der Waals surface area contributed by atoms with Crippen LogP contribution in [0.2, 0.25) is 0 Å². The summed E-state index contributed by atoms with van der Waals surface area (Å²) in [6.45, 7) is 7.83. The molecular formula is C35H31N3OS2. The second-order valence-electron chi connectivity index (χ2n) is 10.9. The Kier molecular flexibility index (Phi) is 6.33. The van der Waals surface area contributed by atoms with Gasteiger partial charge in [0.25, 0.3) is 0 Å². The van der Waals surface area contributed by atoms with Crippen molar-refractivity contribution in [1.29, 1.82) is 0 Å². The van der Waals surface area contributed by atoms with Crippen LogP contribution in [0.1, 0.15) is 78.6 Å². The monoisotopic (exact) mass is 573 g/mol. The fraction of sp³-hybridized carbons (Fsp3) is 0.171. The molecular weight excluding hydrogens is 543 g/mol. The molecule has 7 rings (SSSR count). The Morgan fingerprint density at radius 2 is 1.20 bits per heavy atom. The number of thiophene rings is 2. The fourth-order valence-electron chi connectivity index (χ4n) is 6.27. The zero-order chi connectivity index (χ0) is 28.2. The quantitative estimate of drug-likeness (QED) is 0.163. The van der Waals surface area contributed by atoms with E-state index in [0.717, 1.165) is 39.6 Å². The van der Waals surface area contributed by atoms with E-state index in [2.05, 4.69) is 114 Å². The van der Waals surface area contributed by atoms with E-state index < -0.39 is 0 Å². The molecule has 5 aromatic heterocycles. The summed E-state index contributed by atoms with van der Waals surface area (Å²) in [4.78, 5) is 26.2. The van der Waals surface area contributed by atoms with E-state index in [0.29, 0.717) is 0 Å². The molecule has 0 saturated heterocycles. The lowest BCUT2D eigenvalue weighted by atomic mass is 9.94. The van der Waals surface area contributed by atoms with Crippen LogP contribution in [0.5, 0.6) is 0 Å². The molecule has 41 heavy (non-hydrogen) atoms. The van der Waals surface area contributed by atoms with Crippen molar-refractivity contribution in [2.24, 2.45) is 0 Å². The van der Waals surface area contributed by atoms with Gasteiger partial charge in [0.15, 0.2) is 5.78 Å². The summed E-state index contributed by atoms with van der Waals surface area (Å²) in [5, 5.41) is 2.51. The Morgan fingerprint density at radius 3 is 1.73 bits per heavy atom. The van der Waals surface area contributed by atoms with E-state index >= 15 is 0 Å². The summed E-state index contributed by atoms with van der Waals surface area (Å²) in [5.41, 5.74) is 8.39. The minimum absolute atomic E-state index is 0.0529. The van der Waals surface area contributed by atoms with Gasteiger partial charge in [-0.3, -0.25) is 4.79 Å². The van der Waals surface area contributed by atoms with Crippen LogP contribution in [0.4, 0.5) is 0 Å². The molecule has 7 aromatic rings. The molecule has 2 atom stereocenters. The summed E-state index contributed by atoms with van der Waals surface area (Å²) in [6.07, 6.45) is 0. The van der Waals surface area contributed by atoms with E-state index in [-0.39, 0.29) is 17.6 Å². The third-order valence-electron chi connectivity index (χ3n) is 8.09. The molecule has 0 amide bonds. The van der Waals surface area contributed by atoms with Gasteiger partial charge in [-0.2, -0.15) is 0 Å². The lowest BCUT2D eigenvalue weighted by molar-refractivity contribution is 0.101. The Hall–Kier alpha value is -4.13. The van der Waals surface area contributed by atoms with Gasteiger partial charge in [-0.15, -0.1) is 22.7 Å². The third-order valence-corrected chi connectivity index (χ3v) is 10.5. The van der Waals surface area contributed by atoms with Gasteiger partial charge in [0.1, 0.15) is 0 Å². The van der Waals surface area contributed by atoms with Gasteiger partial charge >= 0.3 is 0 Å². The number of fused-ring (bicyclic) bond motifs is 2. The highest BCUT2D eigenvalue weighted by Crippen LogP contribution is 2.43. The SMILES string of the molecule is CC(=O)c1c(C)[nH]c(C(c2ccc(C(c3ccc(C)[nH]3)c3cc4ccccc4s3)[nH]2)c2cc3ccccc3s2)c1C. The number of aromatic nitrogens is 3. The molecule has 0 aliphatic carbocycles. The number of hydrogen-bond donors (Lipinski definition) is 3. The van der Waals surface area contributed by atoms with Crippen molar-refractivity contribution in [1.82, 2.24) is 15.0 Å². The van der Waals surface area contributed by atoms with Crippen molar-refractivity contribution in [3.8, 4) is 0 Å². The predicted molar refractivity (Wildman–Crippen MR) is 172 cm³/mol. The molecule has 0 spiro atoms. The van der Waals surface area contributed by atoms with Crippen molar-refractivity contribution < 1.29 is 4.79 Å². The highest BCUT2D eigenvalue weighted by Gasteiger charge is 2.29. The Morgan fingerprint density at radius 1 is 0.659 bits per heavy atom. The molecule has 0 aliphatic rings. The van der Waals surface area contributed by atoms with Gasteiger partial charge < -0.3 is 15.0 Å². The van der Waals surface area contributed by atoms with Crippen molar-refractivity contribution in [3.05, 3.63) is 140 Å². The topological polar surface area (TPSA) is 64.4 Å². The number of hydrogen-bond acceptors (Lipinski definition) is 3. The van der Waals surface area contributed by atoms with Gasteiger partial charge in [-0.1, -0.05) is 36.4 Å². The number of rotatable bonds is 7. The maximum atomic E-state index is 12.6. The molecule has 0 fully saturated rings. The van der Waals surface area contributed by atoms with Gasteiger partial charge in [0.05, 0.1) is 11.8 Å². The maximum absolute atomic E-state index is 12.6. The Labute approximate surface area is 247 Å². The average Bonchev–Trinajstić information content (AvgIpc) is 3.77. The number of H-pyrrole nitrogens is 3. The highest BCUT2D eigenvalue weighted by atomic mass is 32.1. The number of carbonyl (C=O) groups is 1. The van der Waals surface area contributed by atoms with E-state index in [1.165, 1.54) is 35.6 Å². The summed E-state index contributed by atoms with van der Waals surface area (Å²) in [5.74, 6) is 0.0928. The highest BCUT2D eigenvalue weighted by molar-refractivity contribution is 7.19. The van der Waals surface area contributed by atoms with Gasteiger partial charge in [-0.25, -0.2) is 0 Å². The molecule has 0 saturated carbocycles. The smallest absolute Gasteiger partial charge is 0.161 e. The summed E-state index contributed by atoms with van der Waals surface area (Å²) in [6, 6.07) is 30.6. The number of aromatic amines is 3. The molecule has 6 heteroatoms. The first-order chi connectivity index (χ1) is 19.9. The summed E-state index contributed by atoms with van der Waals surface area (Å²) >= 11 is 3.66. The number of benzene rings is 2. The van der Waals surface area contributed by atoms with Crippen LogP contribution in [-0.2, 0) is 0 Å². The lowest BCUT2D eigenvalue weighted by Crippen LogP contribution is -2.07. The zero-order valence-electron chi connectivity index (χ0n) is 23.5. The summed E-state index contributed by atoms with van der Waals surface area (Å²) in [7, 11) is 0. The van der Waals surface area contributed by atoms with Crippen LogP contribution in [0.3, 0.4) is 0 Å². The lowest BCUT2D eigenvalue weighted by Gasteiger charge is -2.17.